The van der Waals surface area contributed by atoms with Gasteiger partial charge in [-0.05, 0) is 31.5 Å². The van der Waals surface area contributed by atoms with Gasteiger partial charge in [0.15, 0.2) is 5.58 Å². The fourth-order valence-electron chi connectivity index (χ4n) is 2.55. The van der Waals surface area contributed by atoms with Crippen LogP contribution in [0.4, 0.5) is 10.4 Å². The fourth-order valence-corrected chi connectivity index (χ4v) is 2.55. The van der Waals surface area contributed by atoms with Gasteiger partial charge in [-0.1, -0.05) is 30.3 Å². The van der Waals surface area contributed by atoms with E-state index in [4.69, 9.17) is 14.9 Å². The third-order valence-corrected chi connectivity index (χ3v) is 4.12. The monoisotopic (exact) mass is 355 g/mol. The number of nitrogens with one attached hydrogen (secondary N) is 1. The van der Waals surface area contributed by atoms with Crippen molar-refractivity contribution in [3.05, 3.63) is 66.0 Å². The number of halogens is 1. The van der Waals surface area contributed by atoms with Gasteiger partial charge in [-0.3, -0.25) is 0 Å². The largest absolute Gasteiger partial charge is 0.489 e. The standard InChI is InChI=1S/C20H22FN3O2/c1-20(2,15-6-4-3-5-7-15)24-19-23-17-9-8-16(10-18(17)26-19)25-13-14(11-21)12-22/h3-11H,12-13,22H2,1-2H3,(H,23,24). The summed E-state index contributed by atoms with van der Waals surface area (Å²) in [6.07, 6.45) is 0.473. The van der Waals surface area contributed by atoms with Crippen molar-refractivity contribution in [1.29, 1.82) is 0 Å². The Labute approximate surface area is 151 Å². The molecule has 0 aliphatic carbocycles. The summed E-state index contributed by atoms with van der Waals surface area (Å²) in [6.45, 7) is 4.33. The van der Waals surface area contributed by atoms with Gasteiger partial charge in [-0.15, -0.1) is 0 Å². The predicted molar refractivity (Wildman–Crippen MR) is 101 cm³/mol. The number of nitrogens with two attached hydrogens (primary N) is 1. The zero-order valence-electron chi connectivity index (χ0n) is 14.8. The van der Waals surface area contributed by atoms with Gasteiger partial charge in [-0.25, -0.2) is 4.39 Å². The minimum atomic E-state index is -0.344. The van der Waals surface area contributed by atoms with Crippen LogP contribution in [-0.4, -0.2) is 18.1 Å². The highest BCUT2D eigenvalue weighted by Gasteiger charge is 2.22. The first-order valence-electron chi connectivity index (χ1n) is 8.37. The van der Waals surface area contributed by atoms with Crippen LogP contribution in [0.3, 0.4) is 0 Å². The van der Waals surface area contributed by atoms with E-state index in [1.165, 1.54) is 0 Å². The molecule has 0 aliphatic heterocycles. The van der Waals surface area contributed by atoms with E-state index >= 15 is 0 Å². The van der Waals surface area contributed by atoms with E-state index in [-0.39, 0.29) is 18.7 Å². The molecule has 1 heterocycles. The number of nitrogens with zero attached hydrogens (tertiary/aromatic N) is 1. The normalized spacial score (nSPS) is 12.4. The Morgan fingerprint density at radius 2 is 2.04 bits per heavy atom. The highest BCUT2D eigenvalue weighted by atomic mass is 19.1. The molecule has 26 heavy (non-hydrogen) atoms. The lowest BCUT2D eigenvalue weighted by Crippen LogP contribution is -2.27. The molecular formula is C20H22FN3O2. The summed E-state index contributed by atoms with van der Waals surface area (Å²) in [5.41, 5.74) is 7.89. The van der Waals surface area contributed by atoms with Gasteiger partial charge >= 0.3 is 0 Å². The van der Waals surface area contributed by atoms with E-state index in [9.17, 15) is 4.39 Å². The number of ether oxygens (including phenoxy) is 1. The summed E-state index contributed by atoms with van der Waals surface area (Å²) in [6, 6.07) is 15.8. The molecule has 0 spiro atoms. The summed E-state index contributed by atoms with van der Waals surface area (Å²) in [5, 5.41) is 3.32. The van der Waals surface area contributed by atoms with Gasteiger partial charge in [0.25, 0.3) is 6.01 Å². The van der Waals surface area contributed by atoms with E-state index in [0.29, 0.717) is 34.8 Å². The lowest BCUT2D eigenvalue weighted by atomic mass is 9.95. The third kappa shape index (κ3) is 4.03. The van der Waals surface area contributed by atoms with Crippen molar-refractivity contribution in [1.82, 2.24) is 4.98 Å². The number of fused-ring (bicyclic) bond motifs is 1. The Bertz CT molecular complexity index is 904. The zero-order valence-corrected chi connectivity index (χ0v) is 14.8. The minimum Gasteiger partial charge on any atom is -0.489 e. The maximum Gasteiger partial charge on any atom is 0.296 e. The van der Waals surface area contributed by atoms with E-state index in [1.807, 2.05) is 18.2 Å². The van der Waals surface area contributed by atoms with Crippen molar-refractivity contribution < 1.29 is 13.5 Å². The summed E-state index contributed by atoms with van der Waals surface area (Å²) >= 11 is 0. The molecular weight excluding hydrogens is 333 g/mol. The molecule has 0 unspecified atom stereocenters. The maximum absolute atomic E-state index is 12.6. The number of benzene rings is 2. The van der Waals surface area contributed by atoms with Gasteiger partial charge in [0.2, 0.25) is 0 Å². The molecule has 2 aromatic carbocycles. The van der Waals surface area contributed by atoms with Crippen LogP contribution < -0.4 is 15.8 Å². The second-order valence-electron chi connectivity index (χ2n) is 6.52. The van der Waals surface area contributed by atoms with E-state index < -0.39 is 0 Å². The van der Waals surface area contributed by atoms with Crippen LogP contribution in [0.15, 0.2) is 64.9 Å². The third-order valence-electron chi connectivity index (χ3n) is 4.12. The van der Waals surface area contributed by atoms with Crippen molar-refractivity contribution in [2.75, 3.05) is 18.5 Å². The van der Waals surface area contributed by atoms with Crippen LogP contribution in [0, 0.1) is 0 Å². The van der Waals surface area contributed by atoms with Crippen LogP contribution in [-0.2, 0) is 5.54 Å². The first-order valence-corrected chi connectivity index (χ1v) is 8.37. The molecule has 3 rings (SSSR count). The van der Waals surface area contributed by atoms with Crippen molar-refractivity contribution in [3.8, 4) is 5.75 Å². The number of oxazole rings is 1. The number of rotatable bonds is 7. The summed E-state index contributed by atoms with van der Waals surface area (Å²) < 4.78 is 23.9. The maximum atomic E-state index is 12.6. The van der Waals surface area contributed by atoms with Crippen LogP contribution in [0.1, 0.15) is 19.4 Å². The molecule has 0 saturated heterocycles. The van der Waals surface area contributed by atoms with E-state index in [0.717, 1.165) is 5.56 Å². The average Bonchev–Trinajstić information content (AvgIpc) is 3.04. The quantitative estimate of drug-likeness (QED) is 0.658. The van der Waals surface area contributed by atoms with Gasteiger partial charge in [-0.2, -0.15) is 4.98 Å². The van der Waals surface area contributed by atoms with Crippen LogP contribution in [0.25, 0.3) is 11.1 Å². The molecule has 0 aliphatic rings. The first kappa shape index (κ1) is 17.9. The predicted octanol–water partition coefficient (Wildman–Crippen LogP) is 4.37. The summed E-state index contributed by atoms with van der Waals surface area (Å²) in [5.74, 6) is 0.565. The summed E-state index contributed by atoms with van der Waals surface area (Å²) in [4.78, 5) is 4.47. The molecule has 0 atom stereocenters. The van der Waals surface area contributed by atoms with Crippen molar-refractivity contribution in [2.24, 2.45) is 5.73 Å². The second kappa shape index (κ2) is 7.58. The van der Waals surface area contributed by atoms with Crippen molar-refractivity contribution in [3.63, 3.8) is 0 Å². The molecule has 0 fully saturated rings. The molecule has 0 saturated carbocycles. The Morgan fingerprint density at radius 1 is 1.27 bits per heavy atom. The van der Waals surface area contributed by atoms with Crippen molar-refractivity contribution in [2.45, 2.75) is 19.4 Å². The molecule has 1 aromatic heterocycles. The number of hydrogen-bond acceptors (Lipinski definition) is 5. The molecule has 136 valence electrons. The Morgan fingerprint density at radius 3 is 2.73 bits per heavy atom. The number of aromatic nitrogens is 1. The first-order chi connectivity index (χ1) is 12.5. The van der Waals surface area contributed by atoms with E-state index in [1.54, 1.807) is 18.2 Å². The van der Waals surface area contributed by atoms with Crippen molar-refractivity contribution >= 4 is 17.1 Å². The molecule has 0 radical (unpaired) electrons. The van der Waals surface area contributed by atoms with Gasteiger partial charge in [0, 0.05) is 18.2 Å². The smallest absolute Gasteiger partial charge is 0.296 e. The van der Waals surface area contributed by atoms with E-state index in [2.05, 4.69) is 36.3 Å². The molecule has 0 bridgehead atoms. The van der Waals surface area contributed by atoms with Gasteiger partial charge < -0.3 is 20.2 Å². The molecule has 5 nitrogen and oxygen atoms in total. The van der Waals surface area contributed by atoms with Crippen LogP contribution in [0.2, 0.25) is 0 Å². The second-order valence-corrected chi connectivity index (χ2v) is 6.52. The van der Waals surface area contributed by atoms with Crippen LogP contribution >= 0.6 is 0 Å². The lowest BCUT2D eigenvalue weighted by molar-refractivity contribution is 0.347. The Kier molecular flexibility index (Phi) is 5.23. The Hall–Kier alpha value is -2.86. The topological polar surface area (TPSA) is 73.3 Å². The highest BCUT2D eigenvalue weighted by molar-refractivity contribution is 5.76. The lowest BCUT2D eigenvalue weighted by Gasteiger charge is -2.25. The minimum absolute atomic E-state index is 0.0960. The van der Waals surface area contributed by atoms with Gasteiger partial charge in [0.05, 0.1) is 11.9 Å². The molecule has 3 N–H and O–H groups in total. The molecule has 6 heteroatoms. The summed E-state index contributed by atoms with van der Waals surface area (Å²) in [7, 11) is 0. The van der Waals surface area contributed by atoms with Crippen LogP contribution in [0.5, 0.6) is 5.75 Å². The average molecular weight is 355 g/mol. The number of anilines is 1. The van der Waals surface area contributed by atoms with Gasteiger partial charge in [0.1, 0.15) is 17.9 Å². The molecule has 0 amide bonds. The zero-order chi connectivity index (χ0) is 18.6. The Balaban J connectivity index is 1.77. The fraction of sp³-hybridized carbons (Fsp3) is 0.250. The number of hydrogen-bond donors (Lipinski definition) is 2. The SMILES string of the molecule is CC(C)(Nc1nc2ccc(OCC(=CF)CN)cc2o1)c1ccccc1. The molecule has 3 aromatic rings. The highest BCUT2D eigenvalue weighted by Crippen LogP contribution is 2.29.